The highest BCUT2D eigenvalue weighted by Gasteiger charge is 2.21. The third-order valence-corrected chi connectivity index (χ3v) is 5.98. The molecule has 0 saturated carbocycles. The summed E-state index contributed by atoms with van der Waals surface area (Å²) in [6, 6.07) is 15.4. The average molecular weight is 368 g/mol. The molecular formula is C24H33NO2. The van der Waals surface area contributed by atoms with Crippen LogP contribution in [0.3, 0.4) is 0 Å². The number of methoxy groups -OCH3 is 1. The molecule has 2 aromatic rings. The van der Waals surface area contributed by atoms with Gasteiger partial charge in [-0.25, -0.2) is 0 Å². The summed E-state index contributed by atoms with van der Waals surface area (Å²) in [5.41, 5.74) is 11.7. The van der Waals surface area contributed by atoms with Crippen molar-refractivity contribution >= 4 is 0 Å². The zero-order chi connectivity index (χ0) is 19.1. The molecule has 3 nitrogen and oxygen atoms in total. The predicted molar refractivity (Wildman–Crippen MR) is 111 cm³/mol. The van der Waals surface area contributed by atoms with Gasteiger partial charge in [0.15, 0.2) is 0 Å². The molecule has 27 heavy (non-hydrogen) atoms. The first-order valence-electron chi connectivity index (χ1n) is 10.3. The molecule has 0 amide bonds. The Kier molecular flexibility index (Phi) is 7.31. The Balaban J connectivity index is 1.66. The number of aliphatic hydroxyl groups excluding tert-OH is 1. The van der Waals surface area contributed by atoms with Crippen molar-refractivity contribution in [2.45, 2.75) is 50.9 Å². The van der Waals surface area contributed by atoms with Gasteiger partial charge in [0, 0.05) is 6.61 Å². The minimum Gasteiger partial charge on any atom is -0.496 e. The Morgan fingerprint density at radius 2 is 2.00 bits per heavy atom. The third-order valence-electron chi connectivity index (χ3n) is 5.98. The Morgan fingerprint density at radius 1 is 1.15 bits per heavy atom. The largest absolute Gasteiger partial charge is 0.496 e. The highest BCUT2D eigenvalue weighted by Crippen LogP contribution is 2.32. The minimum absolute atomic E-state index is 0.273. The van der Waals surface area contributed by atoms with Crippen LogP contribution in [0.5, 0.6) is 5.75 Å². The molecular weight excluding hydrogens is 334 g/mol. The van der Waals surface area contributed by atoms with E-state index < -0.39 is 0 Å². The van der Waals surface area contributed by atoms with Crippen LogP contribution in [-0.4, -0.2) is 25.4 Å². The number of ether oxygens (including phenoxy) is 1. The summed E-state index contributed by atoms with van der Waals surface area (Å²) in [5, 5.41) is 9.00. The number of hydrogen-bond acceptors (Lipinski definition) is 3. The lowest BCUT2D eigenvalue weighted by Gasteiger charge is -2.27. The Labute approximate surface area is 163 Å². The van der Waals surface area contributed by atoms with Gasteiger partial charge < -0.3 is 15.6 Å². The number of benzene rings is 2. The fourth-order valence-corrected chi connectivity index (χ4v) is 4.38. The Morgan fingerprint density at radius 3 is 2.78 bits per heavy atom. The molecule has 146 valence electrons. The molecule has 3 rings (SSSR count). The lowest BCUT2D eigenvalue weighted by atomic mass is 9.79. The maximum Gasteiger partial charge on any atom is 0.122 e. The van der Waals surface area contributed by atoms with Crippen LogP contribution < -0.4 is 10.5 Å². The van der Waals surface area contributed by atoms with Gasteiger partial charge in [-0.3, -0.25) is 0 Å². The minimum atomic E-state index is 0.273. The van der Waals surface area contributed by atoms with Crippen LogP contribution in [0.1, 0.15) is 53.9 Å². The van der Waals surface area contributed by atoms with Gasteiger partial charge in [0.1, 0.15) is 5.75 Å². The van der Waals surface area contributed by atoms with E-state index in [0.717, 1.165) is 44.3 Å². The molecule has 0 bridgehead atoms. The summed E-state index contributed by atoms with van der Waals surface area (Å²) in [7, 11) is 1.75. The van der Waals surface area contributed by atoms with Crippen molar-refractivity contribution in [1.29, 1.82) is 0 Å². The number of hydrogen-bond donors (Lipinski definition) is 2. The number of unbranched alkanes of at least 4 members (excludes halogenated alkanes) is 1. The number of para-hydroxylation sites is 1. The van der Waals surface area contributed by atoms with Crippen LogP contribution in [0.25, 0.3) is 0 Å². The van der Waals surface area contributed by atoms with E-state index in [1.807, 2.05) is 6.07 Å². The molecule has 1 aliphatic carbocycles. The molecule has 0 unspecified atom stereocenters. The van der Waals surface area contributed by atoms with Crippen LogP contribution in [0, 0.1) is 5.92 Å². The van der Waals surface area contributed by atoms with Gasteiger partial charge in [0.2, 0.25) is 0 Å². The molecule has 0 aliphatic heterocycles. The molecule has 0 saturated heterocycles. The van der Waals surface area contributed by atoms with Gasteiger partial charge in [0.05, 0.1) is 7.11 Å². The first kappa shape index (κ1) is 19.9. The normalized spacial score (nSPS) is 17.4. The standard InChI is InChI=1S/C24H33NO2/c1-27-24-8-3-2-6-22(24)15-18-9-10-20-16-21(12-11-19(20)14-18)23(17-25)7-4-5-13-26/h2-3,6,8,11-12,16,18,23,26H,4-5,7,9-10,13-15,17,25H2,1H3/t18-,23-/m0/s1. The van der Waals surface area contributed by atoms with Gasteiger partial charge in [-0.1, -0.05) is 42.8 Å². The predicted octanol–water partition coefficient (Wildman–Crippen LogP) is 4.25. The number of rotatable bonds is 9. The van der Waals surface area contributed by atoms with Gasteiger partial charge >= 0.3 is 0 Å². The molecule has 3 heteroatoms. The second kappa shape index (κ2) is 9.91. The number of nitrogens with two attached hydrogens (primary N) is 1. The van der Waals surface area contributed by atoms with Gasteiger partial charge in [0.25, 0.3) is 0 Å². The van der Waals surface area contributed by atoms with Crippen molar-refractivity contribution in [3.05, 3.63) is 64.7 Å². The molecule has 1 aliphatic rings. The zero-order valence-electron chi connectivity index (χ0n) is 16.5. The number of fused-ring (bicyclic) bond motifs is 1. The molecule has 2 atom stereocenters. The van der Waals surface area contributed by atoms with E-state index in [0.29, 0.717) is 18.4 Å². The monoisotopic (exact) mass is 367 g/mol. The molecule has 2 aromatic carbocycles. The van der Waals surface area contributed by atoms with E-state index in [1.54, 1.807) is 7.11 Å². The smallest absolute Gasteiger partial charge is 0.122 e. The second-order valence-corrected chi connectivity index (χ2v) is 7.80. The van der Waals surface area contributed by atoms with Crippen molar-refractivity contribution in [2.75, 3.05) is 20.3 Å². The van der Waals surface area contributed by atoms with E-state index in [1.165, 1.54) is 28.7 Å². The lowest BCUT2D eigenvalue weighted by molar-refractivity contribution is 0.281. The second-order valence-electron chi connectivity index (χ2n) is 7.80. The van der Waals surface area contributed by atoms with Gasteiger partial charge in [-0.05, 0) is 85.2 Å². The Bertz CT molecular complexity index is 728. The maximum atomic E-state index is 9.00. The molecule has 3 N–H and O–H groups in total. The first-order valence-corrected chi connectivity index (χ1v) is 10.3. The topological polar surface area (TPSA) is 55.5 Å². The van der Waals surface area contributed by atoms with Crippen LogP contribution in [0.2, 0.25) is 0 Å². The van der Waals surface area contributed by atoms with Gasteiger partial charge in [-0.2, -0.15) is 0 Å². The maximum absolute atomic E-state index is 9.00. The summed E-state index contributed by atoms with van der Waals surface area (Å²) in [5.74, 6) is 2.09. The van der Waals surface area contributed by atoms with Crippen molar-refractivity contribution in [1.82, 2.24) is 0 Å². The van der Waals surface area contributed by atoms with Crippen molar-refractivity contribution in [3.8, 4) is 5.75 Å². The van der Waals surface area contributed by atoms with Gasteiger partial charge in [-0.15, -0.1) is 0 Å². The zero-order valence-corrected chi connectivity index (χ0v) is 16.5. The van der Waals surface area contributed by atoms with Crippen molar-refractivity contribution in [3.63, 3.8) is 0 Å². The van der Waals surface area contributed by atoms with E-state index in [-0.39, 0.29) is 6.61 Å². The number of aryl methyl sites for hydroxylation is 1. The third kappa shape index (κ3) is 5.12. The molecule has 0 fully saturated rings. The lowest BCUT2D eigenvalue weighted by Crippen LogP contribution is -2.18. The van der Waals surface area contributed by atoms with Crippen molar-refractivity contribution < 1.29 is 9.84 Å². The average Bonchev–Trinajstić information content (AvgIpc) is 2.71. The summed E-state index contributed by atoms with van der Waals surface area (Å²) < 4.78 is 5.52. The Hall–Kier alpha value is -1.84. The summed E-state index contributed by atoms with van der Waals surface area (Å²) in [6.45, 7) is 0.954. The van der Waals surface area contributed by atoms with E-state index >= 15 is 0 Å². The molecule has 0 spiro atoms. The quantitative estimate of drug-likeness (QED) is 0.652. The van der Waals surface area contributed by atoms with Crippen LogP contribution in [0.15, 0.2) is 42.5 Å². The van der Waals surface area contributed by atoms with Crippen molar-refractivity contribution in [2.24, 2.45) is 11.7 Å². The highest BCUT2D eigenvalue weighted by atomic mass is 16.5. The highest BCUT2D eigenvalue weighted by molar-refractivity contribution is 5.38. The SMILES string of the molecule is COc1ccccc1C[C@H]1CCc2cc([C@H](CN)CCCCO)ccc2C1. The number of aliphatic hydroxyl groups is 1. The molecule has 0 heterocycles. The van der Waals surface area contributed by atoms with Crippen LogP contribution in [-0.2, 0) is 19.3 Å². The fourth-order valence-electron chi connectivity index (χ4n) is 4.38. The van der Waals surface area contributed by atoms with E-state index in [4.69, 9.17) is 15.6 Å². The van der Waals surface area contributed by atoms with E-state index in [2.05, 4.69) is 36.4 Å². The summed E-state index contributed by atoms with van der Waals surface area (Å²) >= 11 is 0. The molecule has 0 aromatic heterocycles. The summed E-state index contributed by atoms with van der Waals surface area (Å²) in [6.07, 6.45) is 7.57. The summed E-state index contributed by atoms with van der Waals surface area (Å²) in [4.78, 5) is 0. The fraction of sp³-hybridized carbons (Fsp3) is 0.500. The molecule has 0 radical (unpaired) electrons. The van der Waals surface area contributed by atoms with Crippen LogP contribution >= 0.6 is 0 Å². The van der Waals surface area contributed by atoms with E-state index in [9.17, 15) is 0 Å². The van der Waals surface area contributed by atoms with Crippen LogP contribution in [0.4, 0.5) is 0 Å². The first-order chi connectivity index (χ1) is 13.2.